The summed E-state index contributed by atoms with van der Waals surface area (Å²) in [4.78, 5) is 0. The first kappa shape index (κ1) is 6.03. The second-order valence-corrected chi connectivity index (χ2v) is 5.82. The van der Waals surface area contributed by atoms with Crippen molar-refractivity contribution in [2.45, 2.75) is 12.5 Å². The maximum absolute atomic E-state index is 9.91. The molecule has 0 aromatic heterocycles. The Kier molecular flexibility index (Phi) is 0.587. The number of rotatable bonds is 0. The van der Waals surface area contributed by atoms with Gasteiger partial charge in [-0.1, -0.05) is 0 Å². The summed E-state index contributed by atoms with van der Waals surface area (Å²) >= 11 is 0. The fourth-order valence-electron chi connectivity index (χ4n) is 6.07. The van der Waals surface area contributed by atoms with E-state index >= 15 is 0 Å². The van der Waals surface area contributed by atoms with E-state index in [0.29, 0.717) is 11.8 Å². The number of nitriles is 1. The molecule has 0 spiro atoms. The number of hydrogen-bond acceptors (Lipinski definition) is 2. The van der Waals surface area contributed by atoms with Crippen LogP contribution in [0.2, 0.25) is 0 Å². The lowest BCUT2D eigenvalue weighted by Crippen LogP contribution is -2.39. The minimum absolute atomic E-state index is 0.0461. The van der Waals surface area contributed by atoms with Gasteiger partial charge in [0.2, 0.25) is 0 Å². The maximum atomic E-state index is 9.91. The summed E-state index contributed by atoms with van der Waals surface area (Å²) in [6.45, 7) is 0. The predicted octanol–water partition coefficient (Wildman–Crippen LogP) is 0.629. The van der Waals surface area contributed by atoms with Gasteiger partial charge in [-0.05, 0) is 47.8 Å². The van der Waals surface area contributed by atoms with Gasteiger partial charge in [-0.2, -0.15) is 5.26 Å². The molecule has 2 bridgehead atoms. The predicted molar refractivity (Wildman–Crippen MR) is 43.1 cm³/mol. The Morgan fingerprint density at radius 2 is 2.00 bits per heavy atom. The Bertz CT molecular complexity index is 382. The van der Waals surface area contributed by atoms with Gasteiger partial charge < -0.3 is 5.11 Å². The van der Waals surface area contributed by atoms with Crippen molar-refractivity contribution >= 4 is 0 Å². The molecule has 66 valence electrons. The molecule has 0 aromatic carbocycles. The van der Waals surface area contributed by atoms with Crippen LogP contribution in [0.25, 0.3) is 0 Å². The molecule has 9 atom stereocenters. The molecule has 6 aliphatic rings. The first-order chi connectivity index (χ1) is 6.32. The summed E-state index contributed by atoms with van der Waals surface area (Å²) in [5, 5.41) is 19.2. The first-order valence-electron chi connectivity index (χ1n) is 5.41. The van der Waals surface area contributed by atoms with Crippen molar-refractivity contribution in [1.29, 1.82) is 5.26 Å². The summed E-state index contributed by atoms with van der Waals surface area (Å²) in [5.74, 6) is 5.05. The highest BCUT2D eigenvalue weighted by Crippen LogP contribution is 2.96. The second-order valence-electron chi connectivity index (χ2n) is 5.82. The molecular formula is C11H11NO. The van der Waals surface area contributed by atoms with Crippen LogP contribution in [0.5, 0.6) is 0 Å². The van der Waals surface area contributed by atoms with Gasteiger partial charge in [-0.3, -0.25) is 0 Å². The lowest BCUT2D eigenvalue weighted by atomic mass is 9.69. The smallest absolute Gasteiger partial charge is 0.0699 e. The molecule has 0 amide bonds. The quantitative estimate of drug-likeness (QED) is 0.584. The van der Waals surface area contributed by atoms with Crippen molar-refractivity contribution in [3.8, 4) is 6.07 Å². The van der Waals surface area contributed by atoms with E-state index in [1.165, 1.54) is 0 Å². The highest BCUT2D eigenvalue weighted by molar-refractivity contribution is 5.47. The molecule has 6 aliphatic carbocycles. The van der Waals surface area contributed by atoms with Crippen LogP contribution in [0.1, 0.15) is 6.42 Å². The summed E-state index contributed by atoms with van der Waals surface area (Å²) in [6, 6.07) is 2.61. The second kappa shape index (κ2) is 1.26. The van der Waals surface area contributed by atoms with E-state index in [1.807, 2.05) is 0 Å². The number of hydrogen-bond donors (Lipinski definition) is 1. The third-order valence-corrected chi connectivity index (χ3v) is 6.03. The van der Waals surface area contributed by atoms with Gasteiger partial charge in [0, 0.05) is 0 Å². The summed E-state index contributed by atoms with van der Waals surface area (Å²) in [5.41, 5.74) is 0.0994. The van der Waals surface area contributed by atoms with Gasteiger partial charge >= 0.3 is 0 Å². The highest BCUT2D eigenvalue weighted by atomic mass is 16.3. The molecule has 0 radical (unpaired) electrons. The van der Waals surface area contributed by atoms with E-state index in [9.17, 15) is 10.4 Å². The van der Waals surface area contributed by atoms with Crippen molar-refractivity contribution in [3.63, 3.8) is 0 Å². The average molecular weight is 173 g/mol. The van der Waals surface area contributed by atoms with Crippen molar-refractivity contribution < 1.29 is 5.11 Å². The van der Waals surface area contributed by atoms with Crippen molar-refractivity contribution in [2.75, 3.05) is 0 Å². The number of fused-ring (bicyclic) bond motifs is 1. The van der Waals surface area contributed by atoms with Crippen LogP contribution < -0.4 is 0 Å². The molecule has 6 saturated carbocycles. The molecule has 1 N–H and O–H groups in total. The van der Waals surface area contributed by atoms with Crippen molar-refractivity contribution in [1.82, 2.24) is 0 Å². The third kappa shape index (κ3) is 0.321. The topological polar surface area (TPSA) is 44.0 Å². The van der Waals surface area contributed by atoms with Crippen LogP contribution in [0.4, 0.5) is 0 Å². The molecular weight excluding hydrogens is 162 g/mol. The summed E-state index contributed by atoms with van der Waals surface area (Å²) < 4.78 is 0. The van der Waals surface area contributed by atoms with Gasteiger partial charge in [-0.25, -0.2) is 0 Å². The molecule has 13 heavy (non-hydrogen) atoms. The molecule has 2 heteroatoms. The van der Waals surface area contributed by atoms with E-state index < -0.39 is 0 Å². The Hall–Kier alpha value is -0.550. The third-order valence-electron chi connectivity index (χ3n) is 6.03. The zero-order chi connectivity index (χ0) is 8.53. The summed E-state index contributed by atoms with van der Waals surface area (Å²) in [6.07, 6.45) is 0.975. The molecule has 0 aliphatic heterocycles. The van der Waals surface area contributed by atoms with Crippen LogP contribution >= 0.6 is 0 Å². The Morgan fingerprint density at radius 1 is 1.15 bits per heavy atom. The standard InChI is InChI=1S/C11H11NO/c12-2-11-8-3-1-4(13)6(10(8)11)7-5(3)9(7)11/h3-10,13H,1H2/t3-,4+,5-,6-,7-,8+,9-,10-,11-/m1/s1. The molecule has 0 unspecified atom stereocenters. The van der Waals surface area contributed by atoms with Gasteiger partial charge in [0.1, 0.15) is 0 Å². The van der Waals surface area contributed by atoms with Gasteiger partial charge in [-0.15, -0.1) is 0 Å². The normalized spacial score (nSPS) is 83.7. The van der Waals surface area contributed by atoms with Crippen LogP contribution in [0, 0.1) is 58.2 Å². The fourth-order valence-corrected chi connectivity index (χ4v) is 6.07. The molecule has 0 aromatic rings. The highest BCUT2D eigenvalue weighted by Gasteiger charge is 2.97. The zero-order valence-corrected chi connectivity index (χ0v) is 7.22. The van der Waals surface area contributed by atoms with Gasteiger partial charge in [0.15, 0.2) is 0 Å². The van der Waals surface area contributed by atoms with Crippen molar-refractivity contribution in [2.24, 2.45) is 46.8 Å². The largest absolute Gasteiger partial charge is 0.393 e. The minimum Gasteiger partial charge on any atom is -0.393 e. The lowest BCUT2D eigenvalue weighted by Gasteiger charge is -2.38. The summed E-state index contributed by atoms with van der Waals surface area (Å²) in [7, 11) is 0. The van der Waals surface area contributed by atoms with Crippen LogP contribution in [-0.4, -0.2) is 11.2 Å². The number of aliphatic hydroxyl groups is 1. The Morgan fingerprint density at radius 3 is 2.54 bits per heavy atom. The fraction of sp³-hybridized carbons (Fsp3) is 0.909. The minimum atomic E-state index is -0.0461. The van der Waals surface area contributed by atoms with E-state index in [1.54, 1.807) is 0 Å². The molecule has 0 heterocycles. The number of aliphatic hydroxyl groups excluding tert-OH is 1. The monoisotopic (exact) mass is 173 g/mol. The Balaban J connectivity index is 1.81. The molecule has 6 fully saturated rings. The van der Waals surface area contributed by atoms with Crippen LogP contribution in [0.3, 0.4) is 0 Å². The molecule has 2 nitrogen and oxygen atoms in total. The first-order valence-corrected chi connectivity index (χ1v) is 5.41. The number of nitrogens with zero attached hydrogens (tertiary/aromatic N) is 1. The van der Waals surface area contributed by atoms with E-state index in [2.05, 4.69) is 6.07 Å². The zero-order valence-electron chi connectivity index (χ0n) is 7.22. The van der Waals surface area contributed by atoms with Gasteiger partial charge in [0.05, 0.1) is 17.6 Å². The molecule has 0 saturated heterocycles. The van der Waals surface area contributed by atoms with E-state index in [-0.39, 0.29) is 11.5 Å². The average Bonchev–Trinajstić information content (AvgIpc) is 2.94. The maximum Gasteiger partial charge on any atom is 0.0699 e. The van der Waals surface area contributed by atoms with Crippen LogP contribution in [-0.2, 0) is 0 Å². The van der Waals surface area contributed by atoms with E-state index in [0.717, 1.165) is 36.0 Å². The van der Waals surface area contributed by atoms with Gasteiger partial charge in [0.25, 0.3) is 0 Å². The van der Waals surface area contributed by atoms with E-state index in [4.69, 9.17) is 0 Å². The van der Waals surface area contributed by atoms with Crippen molar-refractivity contribution in [3.05, 3.63) is 0 Å². The van der Waals surface area contributed by atoms with Crippen LogP contribution in [0.15, 0.2) is 0 Å². The lowest BCUT2D eigenvalue weighted by molar-refractivity contribution is -0.0127. The Labute approximate surface area is 76.5 Å². The molecule has 6 rings (SSSR count). The SMILES string of the molecule is N#C[C@@]12[C@H]3[C@@H]4[C@H]3[C@H]3C[C@H](O)[C@H]4[C@@H]1[C@H]32.